The molecule has 0 radical (unpaired) electrons. The molecule has 0 saturated heterocycles. The number of rotatable bonds is 7. The van der Waals surface area contributed by atoms with Gasteiger partial charge in [-0.1, -0.05) is 79.2 Å². The van der Waals surface area contributed by atoms with E-state index in [-0.39, 0.29) is 21.1 Å². The van der Waals surface area contributed by atoms with Crippen molar-refractivity contribution in [3.8, 4) is 28.7 Å². The second kappa shape index (κ2) is 12.5. The fourth-order valence-electron chi connectivity index (χ4n) is 6.70. The van der Waals surface area contributed by atoms with Crippen molar-refractivity contribution in [3.05, 3.63) is 145 Å². The average Bonchev–Trinajstić information content (AvgIpc) is 3.86. The first kappa shape index (κ1) is 26.4. The molecule has 5 aromatic carbocycles. The predicted molar refractivity (Wildman–Crippen MR) is 191 cm³/mol. The zero-order chi connectivity index (χ0) is 35.8. The Morgan fingerprint density at radius 2 is 1.41 bits per heavy atom. The first-order valence-corrected chi connectivity index (χ1v) is 15.6. The van der Waals surface area contributed by atoms with Crippen molar-refractivity contribution in [3.63, 3.8) is 0 Å². The SMILES string of the molecule is [2H]C([2H])(C)c1cccc2c3cccc(C([2H])([2H])C)c3n(-c3ccnc(-n4c5[c-]c(Oc6[c-]c(-n7ccnn7)ccc6)ccc5c5ccccc54)c3)c12.[Pt+2]. The molecule has 8 heteroatoms. The van der Waals surface area contributed by atoms with Crippen molar-refractivity contribution in [2.24, 2.45) is 0 Å². The van der Waals surface area contributed by atoms with Crippen LogP contribution in [0.5, 0.6) is 11.5 Å². The van der Waals surface area contributed by atoms with Gasteiger partial charge in [0.15, 0.2) is 0 Å². The zero-order valence-corrected chi connectivity index (χ0v) is 28.7. The Kier molecular flexibility index (Phi) is 6.74. The largest absolute Gasteiger partial charge is 2.00 e. The van der Waals surface area contributed by atoms with Gasteiger partial charge >= 0.3 is 21.1 Å². The van der Waals surface area contributed by atoms with Crippen molar-refractivity contribution in [2.75, 3.05) is 0 Å². The van der Waals surface area contributed by atoms with Crippen molar-refractivity contribution >= 4 is 43.6 Å². The standard InChI is InChI=1S/C41H30N6O.Pt/c1-3-27-10-7-15-35-36-16-8-11-28(4-2)41(36)46(40(27)35)30-20-21-42-39(25-30)47-37-17-6-5-14-33(37)34-19-18-32(26-38(34)47)48-31-13-9-12-29(24-31)45-23-22-43-44-45;/h5-23,25H,3-4H2,1-2H3;/q-2;+2/i3D2,4D2;. The second-order valence-corrected chi connectivity index (χ2v) is 11.4. The molecular formula is C41H30N6OPt. The number of aryl methyl sites for hydroxylation is 2. The monoisotopic (exact) mass is 821 g/mol. The summed E-state index contributed by atoms with van der Waals surface area (Å²) < 4.78 is 47.1. The number of benzene rings is 5. The van der Waals surface area contributed by atoms with Crippen LogP contribution in [0.4, 0.5) is 0 Å². The van der Waals surface area contributed by atoms with E-state index in [0.717, 1.165) is 38.3 Å². The summed E-state index contributed by atoms with van der Waals surface area (Å²) in [5.74, 6) is 1.60. The van der Waals surface area contributed by atoms with Gasteiger partial charge in [0.25, 0.3) is 0 Å². The summed E-state index contributed by atoms with van der Waals surface area (Å²) in [4.78, 5) is 4.87. The van der Waals surface area contributed by atoms with Crippen LogP contribution in [-0.2, 0) is 33.8 Å². The Morgan fingerprint density at radius 3 is 2.14 bits per heavy atom. The van der Waals surface area contributed by atoms with Crippen LogP contribution in [-0.4, -0.2) is 29.1 Å². The Labute approximate surface area is 303 Å². The minimum Gasteiger partial charge on any atom is -0.509 e. The molecule has 0 amide bonds. The molecule has 49 heavy (non-hydrogen) atoms. The zero-order valence-electron chi connectivity index (χ0n) is 30.5. The first-order valence-electron chi connectivity index (χ1n) is 17.6. The van der Waals surface area contributed by atoms with Crippen molar-refractivity contribution in [1.82, 2.24) is 29.1 Å². The van der Waals surface area contributed by atoms with Crippen molar-refractivity contribution in [2.45, 2.75) is 26.6 Å². The molecule has 4 heterocycles. The van der Waals surface area contributed by atoms with E-state index in [2.05, 4.69) is 28.5 Å². The van der Waals surface area contributed by atoms with E-state index in [1.54, 1.807) is 37.1 Å². The second-order valence-electron chi connectivity index (χ2n) is 11.4. The summed E-state index contributed by atoms with van der Waals surface area (Å²) in [6.45, 7) is 3.11. The summed E-state index contributed by atoms with van der Waals surface area (Å²) in [5.41, 5.74) is 5.49. The summed E-state index contributed by atoms with van der Waals surface area (Å²) in [5, 5.41) is 11.6. The van der Waals surface area contributed by atoms with E-state index in [1.165, 1.54) is 0 Å². The fourth-order valence-corrected chi connectivity index (χ4v) is 6.70. The quantitative estimate of drug-likeness (QED) is 0.151. The normalized spacial score (nSPS) is 13.3. The topological polar surface area (TPSA) is 62.7 Å². The molecule has 9 rings (SSSR count). The van der Waals surface area contributed by atoms with Crippen LogP contribution in [0.25, 0.3) is 60.8 Å². The van der Waals surface area contributed by atoms with Crippen LogP contribution in [0.2, 0.25) is 0 Å². The third-order valence-electron chi connectivity index (χ3n) is 8.76. The number of fused-ring (bicyclic) bond motifs is 6. The molecule has 7 nitrogen and oxygen atoms in total. The number of aromatic nitrogens is 6. The maximum absolute atomic E-state index is 8.79. The minimum atomic E-state index is -1.67. The maximum atomic E-state index is 8.79. The molecule has 0 bridgehead atoms. The third-order valence-corrected chi connectivity index (χ3v) is 8.76. The van der Waals surface area contributed by atoms with Gasteiger partial charge < -0.3 is 13.9 Å². The number of pyridine rings is 1. The molecule has 0 aliphatic carbocycles. The molecule has 0 aliphatic rings. The predicted octanol–water partition coefficient (Wildman–Crippen LogP) is 9.37. The van der Waals surface area contributed by atoms with Gasteiger partial charge in [-0.15, -0.1) is 40.8 Å². The van der Waals surface area contributed by atoms with Crippen molar-refractivity contribution < 1.29 is 31.3 Å². The van der Waals surface area contributed by atoms with Crippen LogP contribution in [0.1, 0.15) is 30.5 Å². The first-order chi connectivity index (χ1) is 25.1. The van der Waals surface area contributed by atoms with E-state index in [1.807, 2.05) is 106 Å². The smallest absolute Gasteiger partial charge is 0.509 e. The Hall–Kier alpha value is -5.52. The van der Waals surface area contributed by atoms with Gasteiger partial charge in [0.2, 0.25) is 0 Å². The van der Waals surface area contributed by atoms with Crippen LogP contribution in [0, 0.1) is 12.1 Å². The molecule has 4 aromatic heterocycles. The minimum absolute atomic E-state index is 0. The summed E-state index contributed by atoms with van der Waals surface area (Å²) in [6.07, 6.45) is 1.74. The number of hydrogen-bond donors (Lipinski definition) is 0. The Morgan fingerprint density at radius 1 is 0.694 bits per heavy atom. The van der Waals surface area contributed by atoms with Gasteiger partial charge in [-0.05, 0) is 47.1 Å². The molecule has 0 unspecified atom stereocenters. The molecular weight excluding hydrogens is 788 g/mol. The molecule has 240 valence electrons. The van der Waals surface area contributed by atoms with Gasteiger partial charge in [0, 0.05) is 51.7 Å². The maximum Gasteiger partial charge on any atom is 2.00 e. The Balaban J connectivity index is 0.00000400. The Bertz CT molecular complexity index is 2750. The average molecular weight is 822 g/mol. The third kappa shape index (κ3) is 5.04. The van der Waals surface area contributed by atoms with Crippen LogP contribution in [0.3, 0.4) is 0 Å². The van der Waals surface area contributed by atoms with Gasteiger partial charge in [-0.3, -0.25) is 0 Å². The summed E-state index contributed by atoms with van der Waals surface area (Å²) in [6, 6.07) is 39.5. The van der Waals surface area contributed by atoms with Gasteiger partial charge in [0.1, 0.15) is 5.82 Å². The summed E-state index contributed by atoms with van der Waals surface area (Å²) in [7, 11) is 0. The van der Waals surface area contributed by atoms with Gasteiger partial charge in [0.05, 0.1) is 22.9 Å². The van der Waals surface area contributed by atoms with Crippen LogP contribution >= 0.6 is 0 Å². The summed E-state index contributed by atoms with van der Waals surface area (Å²) >= 11 is 0. The van der Waals surface area contributed by atoms with Crippen molar-refractivity contribution in [1.29, 1.82) is 0 Å². The van der Waals surface area contributed by atoms with E-state index < -0.39 is 12.7 Å². The van der Waals surface area contributed by atoms with E-state index in [0.29, 0.717) is 45.2 Å². The van der Waals surface area contributed by atoms with Gasteiger partial charge in [-0.25, -0.2) is 9.67 Å². The molecule has 0 spiro atoms. The molecule has 0 saturated carbocycles. The van der Waals surface area contributed by atoms with E-state index in [4.69, 9.17) is 15.2 Å². The number of nitrogens with zero attached hydrogens (tertiary/aromatic N) is 6. The number of hydrogen-bond acceptors (Lipinski definition) is 4. The fraction of sp³-hybridized carbons (Fsp3) is 0.0976. The number of para-hydroxylation sites is 3. The van der Waals surface area contributed by atoms with Gasteiger partial charge in [-0.2, -0.15) is 12.1 Å². The molecule has 0 fully saturated rings. The van der Waals surface area contributed by atoms with Crippen LogP contribution < -0.4 is 4.74 Å². The number of ether oxygens (including phenoxy) is 1. The molecule has 0 N–H and O–H groups in total. The van der Waals surface area contributed by atoms with Crippen LogP contribution in [0.15, 0.2) is 122 Å². The van der Waals surface area contributed by atoms with E-state index >= 15 is 0 Å². The molecule has 0 aliphatic heterocycles. The molecule has 9 aromatic rings. The van der Waals surface area contributed by atoms with E-state index in [9.17, 15) is 0 Å². The molecule has 0 atom stereocenters.